The Morgan fingerprint density at radius 3 is 2.45 bits per heavy atom. The van der Waals surface area contributed by atoms with Crippen LogP contribution in [0.4, 0.5) is 0 Å². The minimum atomic E-state index is -0.985. The first kappa shape index (κ1) is 15.3. The predicted octanol–water partition coefficient (Wildman–Crippen LogP) is 1.02. The third kappa shape index (κ3) is 3.32. The maximum absolute atomic E-state index is 12.1. The van der Waals surface area contributed by atoms with Gasteiger partial charge < -0.3 is 20.2 Å². The number of benzene rings is 1. The lowest BCUT2D eigenvalue weighted by Gasteiger charge is -2.16. The molecule has 0 aliphatic rings. The minimum absolute atomic E-state index is 0.0690. The number of esters is 1. The van der Waals surface area contributed by atoms with Gasteiger partial charge in [-0.3, -0.25) is 9.59 Å². The van der Waals surface area contributed by atoms with Gasteiger partial charge in [0.1, 0.15) is 6.26 Å². The average molecular weight is 302 g/mol. The molecule has 0 spiro atoms. The fourth-order valence-corrected chi connectivity index (χ4v) is 1.83. The van der Waals surface area contributed by atoms with Crippen LogP contribution in [-0.4, -0.2) is 24.9 Å². The van der Waals surface area contributed by atoms with Gasteiger partial charge in [0, 0.05) is 6.07 Å². The molecule has 1 aromatic carbocycles. The van der Waals surface area contributed by atoms with Crippen LogP contribution in [0.15, 0.2) is 47.1 Å². The van der Waals surface area contributed by atoms with Gasteiger partial charge >= 0.3 is 5.97 Å². The Labute approximate surface area is 126 Å². The molecule has 2 rings (SSSR count). The molecule has 1 aromatic heterocycles. The zero-order valence-electron chi connectivity index (χ0n) is 11.7. The standard InChI is InChI=1S/C15H14N2O5/c1-21-15(20)12(9-5-3-2-4-6-9)17-14(19)11-7-10(8-22-11)13(16)18/h2-8,12H,1H3,(H2,16,18)(H,17,19)/t12-/m1/s1. The van der Waals surface area contributed by atoms with Crippen LogP contribution in [0.2, 0.25) is 0 Å². The SMILES string of the molecule is COC(=O)[C@H](NC(=O)c1cc(C(N)=O)co1)c1ccccc1. The molecule has 2 aromatic rings. The summed E-state index contributed by atoms with van der Waals surface area (Å²) in [6.45, 7) is 0. The third-order valence-corrected chi connectivity index (χ3v) is 2.95. The summed E-state index contributed by atoms with van der Waals surface area (Å²) in [5.74, 6) is -2.12. The molecule has 22 heavy (non-hydrogen) atoms. The number of ether oxygens (including phenoxy) is 1. The Morgan fingerprint density at radius 1 is 1.23 bits per heavy atom. The molecule has 0 aliphatic heterocycles. The van der Waals surface area contributed by atoms with E-state index in [4.69, 9.17) is 10.2 Å². The molecule has 0 unspecified atom stereocenters. The number of carbonyl (C=O) groups excluding carboxylic acids is 3. The van der Waals surface area contributed by atoms with Crippen molar-refractivity contribution in [3.05, 3.63) is 59.5 Å². The van der Waals surface area contributed by atoms with Gasteiger partial charge in [0.05, 0.1) is 12.7 Å². The lowest BCUT2D eigenvalue weighted by molar-refractivity contribution is -0.143. The van der Waals surface area contributed by atoms with E-state index in [0.29, 0.717) is 5.56 Å². The number of hydrogen-bond donors (Lipinski definition) is 2. The summed E-state index contributed by atoms with van der Waals surface area (Å²) < 4.78 is 9.66. The fraction of sp³-hybridized carbons (Fsp3) is 0.133. The van der Waals surface area contributed by atoms with Crippen LogP contribution < -0.4 is 11.1 Å². The summed E-state index contributed by atoms with van der Waals surface area (Å²) in [5, 5.41) is 2.49. The van der Waals surface area contributed by atoms with Crippen LogP contribution in [0.1, 0.15) is 32.5 Å². The Balaban J connectivity index is 2.21. The molecule has 3 N–H and O–H groups in total. The predicted molar refractivity (Wildman–Crippen MR) is 75.9 cm³/mol. The number of hydrogen-bond acceptors (Lipinski definition) is 5. The molecule has 0 fully saturated rings. The van der Waals surface area contributed by atoms with Gasteiger partial charge in [0.25, 0.3) is 11.8 Å². The summed E-state index contributed by atoms with van der Waals surface area (Å²) in [5.41, 5.74) is 5.71. The van der Waals surface area contributed by atoms with E-state index in [1.807, 2.05) is 0 Å². The molecular weight excluding hydrogens is 288 g/mol. The number of nitrogens with one attached hydrogen (secondary N) is 1. The number of primary amides is 1. The van der Waals surface area contributed by atoms with Crippen LogP contribution in [0.5, 0.6) is 0 Å². The summed E-state index contributed by atoms with van der Waals surface area (Å²) in [6.07, 6.45) is 1.08. The molecule has 1 heterocycles. The monoisotopic (exact) mass is 302 g/mol. The van der Waals surface area contributed by atoms with Crippen molar-refractivity contribution in [2.45, 2.75) is 6.04 Å². The number of rotatable bonds is 5. The van der Waals surface area contributed by atoms with E-state index in [0.717, 1.165) is 6.26 Å². The molecular formula is C15H14N2O5. The molecule has 0 saturated heterocycles. The zero-order valence-corrected chi connectivity index (χ0v) is 11.7. The van der Waals surface area contributed by atoms with Gasteiger partial charge in [-0.05, 0) is 5.56 Å². The normalized spacial score (nSPS) is 11.5. The van der Waals surface area contributed by atoms with Gasteiger partial charge in [-0.1, -0.05) is 30.3 Å². The summed E-state index contributed by atoms with van der Waals surface area (Å²) >= 11 is 0. The number of nitrogens with two attached hydrogens (primary N) is 1. The first-order valence-corrected chi connectivity index (χ1v) is 6.35. The highest BCUT2D eigenvalue weighted by Crippen LogP contribution is 2.16. The Morgan fingerprint density at radius 2 is 1.91 bits per heavy atom. The van der Waals surface area contributed by atoms with Crippen LogP contribution >= 0.6 is 0 Å². The van der Waals surface area contributed by atoms with Crippen molar-refractivity contribution in [2.75, 3.05) is 7.11 Å². The number of methoxy groups -OCH3 is 1. The summed E-state index contributed by atoms with van der Waals surface area (Å²) in [6, 6.07) is 8.83. The first-order chi connectivity index (χ1) is 10.5. The van der Waals surface area contributed by atoms with Gasteiger partial charge in [-0.2, -0.15) is 0 Å². The summed E-state index contributed by atoms with van der Waals surface area (Å²) in [4.78, 5) is 35.0. The maximum Gasteiger partial charge on any atom is 0.333 e. The lowest BCUT2D eigenvalue weighted by Crippen LogP contribution is -2.34. The Hall–Kier alpha value is -3.09. The van der Waals surface area contributed by atoms with Gasteiger partial charge in [-0.25, -0.2) is 4.79 Å². The minimum Gasteiger partial charge on any atom is -0.467 e. The molecule has 2 amide bonds. The van der Waals surface area contributed by atoms with E-state index >= 15 is 0 Å². The molecule has 1 atom stereocenters. The van der Waals surface area contributed by atoms with Gasteiger partial charge in [0.15, 0.2) is 11.8 Å². The van der Waals surface area contributed by atoms with Crippen molar-refractivity contribution in [3.63, 3.8) is 0 Å². The molecule has 0 radical (unpaired) electrons. The molecule has 114 valence electrons. The highest BCUT2D eigenvalue weighted by atomic mass is 16.5. The van der Waals surface area contributed by atoms with Crippen molar-refractivity contribution >= 4 is 17.8 Å². The van der Waals surface area contributed by atoms with E-state index in [-0.39, 0.29) is 11.3 Å². The van der Waals surface area contributed by atoms with Crippen LogP contribution in [0.25, 0.3) is 0 Å². The third-order valence-electron chi connectivity index (χ3n) is 2.95. The number of amides is 2. The van der Waals surface area contributed by atoms with Crippen LogP contribution in [0, 0.1) is 0 Å². The average Bonchev–Trinajstić information content (AvgIpc) is 3.03. The molecule has 0 bridgehead atoms. The smallest absolute Gasteiger partial charge is 0.333 e. The number of furan rings is 1. The van der Waals surface area contributed by atoms with Crippen molar-refractivity contribution in [1.82, 2.24) is 5.32 Å². The van der Waals surface area contributed by atoms with Crippen LogP contribution in [-0.2, 0) is 9.53 Å². The number of carbonyl (C=O) groups is 3. The maximum atomic E-state index is 12.1. The van der Waals surface area contributed by atoms with Crippen molar-refractivity contribution < 1.29 is 23.5 Å². The Bertz CT molecular complexity index is 693. The Kier molecular flexibility index (Phi) is 4.57. The van der Waals surface area contributed by atoms with Gasteiger partial charge in [0.2, 0.25) is 0 Å². The molecule has 0 saturated carbocycles. The van der Waals surface area contributed by atoms with E-state index in [1.54, 1.807) is 30.3 Å². The van der Waals surface area contributed by atoms with E-state index in [9.17, 15) is 14.4 Å². The quantitative estimate of drug-likeness (QED) is 0.801. The molecule has 0 aliphatic carbocycles. The first-order valence-electron chi connectivity index (χ1n) is 6.35. The van der Waals surface area contributed by atoms with Gasteiger partial charge in [-0.15, -0.1) is 0 Å². The summed E-state index contributed by atoms with van der Waals surface area (Å²) in [7, 11) is 1.22. The highest BCUT2D eigenvalue weighted by molar-refractivity contribution is 5.98. The second-order valence-electron chi connectivity index (χ2n) is 4.40. The fourth-order valence-electron chi connectivity index (χ4n) is 1.83. The van der Waals surface area contributed by atoms with E-state index in [2.05, 4.69) is 10.1 Å². The molecule has 7 heteroatoms. The van der Waals surface area contributed by atoms with Crippen molar-refractivity contribution in [2.24, 2.45) is 5.73 Å². The second-order valence-corrected chi connectivity index (χ2v) is 4.40. The van der Waals surface area contributed by atoms with Crippen molar-refractivity contribution in [3.8, 4) is 0 Å². The zero-order chi connectivity index (χ0) is 16.1. The van der Waals surface area contributed by atoms with E-state index in [1.165, 1.54) is 13.2 Å². The van der Waals surface area contributed by atoms with E-state index < -0.39 is 23.8 Å². The lowest BCUT2D eigenvalue weighted by atomic mass is 10.1. The topological polar surface area (TPSA) is 112 Å². The largest absolute Gasteiger partial charge is 0.467 e. The molecule has 7 nitrogen and oxygen atoms in total. The second kappa shape index (κ2) is 6.57. The van der Waals surface area contributed by atoms with Crippen LogP contribution in [0.3, 0.4) is 0 Å². The highest BCUT2D eigenvalue weighted by Gasteiger charge is 2.25. The van der Waals surface area contributed by atoms with Crippen molar-refractivity contribution in [1.29, 1.82) is 0 Å².